The van der Waals surface area contributed by atoms with Crippen molar-refractivity contribution >= 4 is 11.0 Å². The van der Waals surface area contributed by atoms with E-state index in [0.29, 0.717) is 18.4 Å². The van der Waals surface area contributed by atoms with Gasteiger partial charge in [0.25, 0.3) is 0 Å². The van der Waals surface area contributed by atoms with Crippen LogP contribution in [0.3, 0.4) is 0 Å². The molecule has 1 aromatic heterocycles. The van der Waals surface area contributed by atoms with Crippen molar-refractivity contribution in [1.29, 1.82) is 0 Å². The van der Waals surface area contributed by atoms with Crippen LogP contribution in [0.5, 0.6) is 0 Å². The number of imidazole rings is 1. The summed E-state index contributed by atoms with van der Waals surface area (Å²) in [6.07, 6.45) is 1.31. The van der Waals surface area contributed by atoms with Gasteiger partial charge in [-0.2, -0.15) is 0 Å². The molecule has 4 nitrogen and oxygen atoms in total. The molecule has 3 rings (SSSR count). The topological polar surface area (TPSA) is 53.1 Å². The minimum absolute atomic E-state index is 0.252. The monoisotopic (exact) mass is 287 g/mol. The van der Waals surface area contributed by atoms with Crippen LogP contribution in [0.4, 0.5) is 0 Å². The molecule has 2 atom stereocenters. The fraction of sp³-hybridized carbons (Fsp3) is 0.588. The smallest absolute Gasteiger partial charge is 0.115 e. The van der Waals surface area contributed by atoms with E-state index in [1.807, 2.05) is 0 Å². The maximum absolute atomic E-state index is 5.76. The van der Waals surface area contributed by atoms with Crippen molar-refractivity contribution in [1.82, 2.24) is 9.55 Å². The molecule has 1 aliphatic rings. The van der Waals surface area contributed by atoms with Gasteiger partial charge < -0.3 is 15.0 Å². The third-order valence-corrected chi connectivity index (χ3v) is 4.33. The first-order chi connectivity index (χ1) is 10.1. The van der Waals surface area contributed by atoms with Crippen LogP contribution in [0.1, 0.15) is 44.5 Å². The molecule has 0 bridgehead atoms. The largest absolute Gasteiger partial charge is 0.378 e. The molecule has 1 aliphatic heterocycles. The molecule has 21 heavy (non-hydrogen) atoms. The molecule has 2 aromatic rings. The lowest BCUT2D eigenvalue weighted by Crippen LogP contribution is -2.17. The molecule has 1 aromatic carbocycles. The van der Waals surface area contributed by atoms with Gasteiger partial charge in [-0.3, -0.25) is 0 Å². The summed E-state index contributed by atoms with van der Waals surface area (Å²) in [6, 6.07) is 6.40. The van der Waals surface area contributed by atoms with Crippen molar-refractivity contribution < 1.29 is 4.74 Å². The van der Waals surface area contributed by atoms with Crippen molar-refractivity contribution in [3.8, 4) is 0 Å². The van der Waals surface area contributed by atoms with E-state index >= 15 is 0 Å². The van der Waals surface area contributed by atoms with E-state index in [9.17, 15) is 0 Å². The van der Waals surface area contributed by atoms with E-state index in [0.717, 1.165) is 30.7 Å². The van der Waals surface area contributed by atoms with Gasteiger partial charge in [0.05, 0.1) is 17.1 Å². The summed E-state index contributed by atoms with van der Waals surface area (Å²) in [5.74, 6) is 2.17. The second kappa shape index (κ2) is 5.78. The van der Waals surface area contributed by atoms with Crippen molar-refractivity contribution in [2.75, 3.05) is 6.61 Å². The van der Waals surface area contributed by atoms with Crippen LogP contribution >= 0.6 is 0 Å². The Labute approximate surface area is 126 Å². The minimum atomic E-state index is 0.252. The van der Waals surface area contributed by atoms with Crippen LogP contribution in [0.2, 0.25) is 0 Å². The van der Waals surface area contributed by atoms with Crippen LogP contribution in [0.15, 0.2) is 18.2 Å². The molecule has 2 heterocycles. The predicted octanol–water partition coefficient (Wildman–Crippen LogP) is 3.04. The van der Waals surface area contributed by atoms with Gasteiger partial charge in [0.15, 0.2) is 0 Å². The van der Waals surface area contributed by atoms with Crippen molar-refractivity contribution in [3.63, 3.8) is 0 Å². The van der Waals surface area contributed by atoms with Crippen LogP contribution < -0.4 is 5.73 Å². The molecule has 1 saturated heterocycles. The van der Waals surface area contributed by atoms with Gasteiger partial charge in [0, 0.05) is 25.6 Å². The number of hydrogen-bond acceptors (Lipinski definition) is 3. The Hall–Kier alpha value is -1.39. The molecular formula is C17H25N3O. The number of ether oxygens (including phenoxy) is 1. The summed E-state index contributed by atoms with van der Waals surface area (Å²) in [5, 5.41) is 0. The highest BCUT2D eigenvalue weighted by Gasteiger charge is 2.30. The number of aromatic nitrogens is 2. The Morgan fingerprint density at radius 3 is 2.86 bits per heavy atom. The first-order valence-corrected chi connectivity index (χ1v) is 7.91. The molecule has 1 fully saturated rings. The maximum Gasteiger partial charge on any atom is 0.115 e. The summed E-state index contributed by atoms with van der Waals surface area (Å²) in [7, 11) is 0. The lowest BCUT2D eigenvalue weighted by Gasteiger charge is -2.18. The number of hydrogen-bond donors (Lipinski definition) is 1. The average Bonchev–Trinajstić information content (AvgIpc) is 3.02. The SMILES string of the molecule is CC(C)Cn1c(C2CCOC2C)nc2cc(CN)ccc21. The van der Waals surface area contributed by atoms with Crippen LogP contribution in [0.25, 0.3) is 11.0 Å². The summed E-state index contributed by atoms with van der Waals surface area (Å²) in [6.45, 7) is 9.05. The van der Waals surface area contributed by atoms with E-state index in [2.05, 4.69) is 43.5 Å². The Balaban J connectivity index is 2.12. The third-order valence-electron chi connectivity index (χ3n) is 4.33. The van der Waals surface area contributed by atoms with Gasteiger partial charge in [-0.05, 0) is 37.0 Å². The normalized spacial score (nSPS) is 22.5. The molecule has 0 amide bonds. The fourth-order valence-electron chi connectivity index (χ4n) is 3.23. The molecular weight excluding hydrogens is 262 g/mol. The van der Waals surface area contributed by atoms with Crippen LogP contribution in [0, 0.1) is 5.92 Å². The zero-order valence-electron chi connectivity index (χ0n) is 13.2. The second-order valence-corrected chi connectivity index (χ2v) is 6.47. The van der Waals surface area contributed by atoms with Crippen molar-refractivity contribution in [2.45, 2.75) is 52.3 Å². The summed E-state index contributed by atoms with van der Waals surface area (Å²) >= 11 is 0. The number of benzene rings is 1. The molecule has 2 unspecified atom stereocenters. The standard InChI is InChI=1S/C17H25N3O/c1-11(2)10-20-16-5-4-13(9-18)8-15(16)19-17(20)14-6-7-21-12(14)3/h4-5,8,11-12,14H,6-7,9-10,18H2,1-3H3. The maximum atomic E-state index is 5.76. The zero-order chi connectivity index (χ0) is 15.0. The fourth-order valence-corrected chi connectivity index (χ4v) is 3.23. The molecule has 2 N–H and O–H groups in total. The lowest BCUT2D eigenvalue weighted by molar-refractivity contribution is 0.116. The first-order valence-electron chi connectivity index (χ1n) is 7.91. The van der Waals surface area contributed by atoms with Gasteiger partial charge in [-0.25, -0.2) is 4.98 Å². The summed E-state index contributed by atoms with van der Waals surface area (Å²) in [5.41, 5.74) is 9.17. The predicted molar refractivity (Wildman–Crippen MR) is 85.2 cm³/mol. The third kappa shape index (κ3) is 2.70. The lowest BCUT2D eigenvalue weighted by atomic mass is 10.0. The Bertz CT molecular complexity index is 632. The highest BCUT2D eigenvalue weighted by atomic mass is 16.5. The van der Waals surface area contributed by atoms with Crippen LogP contribution in [-0.2, 0) is 17.8 Å². The molecule has 0 saturated carbocycles. The minimum Gasteiger partial charge on any atom is -0.378 e. The Kier molecular flexibility index (Phi) is 4.00. The average molecular weight is 287 g/mol. The molecule has 0 aliphatic carbocycles. The number of fused-ring (bicyclic) bond motifs is 1. The molecule has 4 heteroatoms. The van der Waals surface area contributed by atoms with Crippen molar-refractivity contribution in [3.05, 3.63) is 29.6 Å². The number of nitrogens with two attached hydrogens (primary N) is 1. The van der Waals surface area contributed by atoms with Gasteiger partial charge in [0.2, 0.25) is 0 Å². The first kappa shape index (κ1) is 14.5. The van der Waals surface area contributed by atoms with E-state index in [1.54, 1.807) is 0 Å². The van der Waals surface area contributed by atoms with E-state index in [4.69, 9.17) is 15.5 Å². The molecule has 0 radical (unpaired) electrons. The van der Waals surface area contributed by atoms with Gasteiger partial charge in [-0.15, -0.1) is 0 Å². The Morgan fingerprint density at radius 1 is 1.43 bits per heavy atom. The highest BCUT2D eigenvalue weighted by molar-refractivity contribution is 5.77. The summed E-state index contributed by atoms with van der Waals surface area (Å²) < 4.78 is 8.13. The highest BCUT2D eigenvalue weighted by Crippen LogP contribution is 2.33. The molecule has 0 spiro atoms. The quantitative estimate of drug-likeness (QED) is 0.940. The van der Waals surface area contributed by atoms with Gasteiger partial charge >= 0.3 is 0 Å². The second-order valence-electron chi connectivity index (χ2n) is 6.47. The Morgan fingerprint density at radius 2 is 2.24 bits per heavy atom. The van der Waals surface area contributed by atoms with Gasteiger partial charge in [0.1, 0.15) is 5.82 Å². The molecule has 114 valence electrons. The van der Waals surface area contributed by atoms with Gasteiger partial charge in [-0.1, -0.05) is 19.9 Å². The summed E-state index contributed by atoms with van der Waals surface area (Å²) in [4.78, 5) is 4.93. The van der Waals surface area contributed by atoms with E-state index in [-0.39, 0.29) is 6.10 Å². The van der Waals surface area contributed by atoms with Crippen molar-refractivity contribution in [2.24, 2.45) is 11.7 Å². The van der Waals surface area contributed by atoms with E-state index in [1.165, 1.54) is 11.3 Å². The number of rotatable bonds is 4. The van der Waals surface area contributed by atoms with E-state index < -0.39 is 0 Å². The number of nitrogens with zero attached hydrogens (tertiary/aromatic N) is 2. The zero-order valence-corrected chi connectivity index (χ0v) is 13.2. The van der Waals surface area contributed by atoms with Crippen LogP contribution in [-0.4, -0.2) is 22.3 Å².